The van der Waals surface area contributed by atoms with Crippen molar-refractivity contribution < 1.29 is 9.84 Å². The highest BCUT2D eigenvalue weighted by molar-refractivity contribution is 5.98. The third-order valence-electron chi connectivity index (χ3n) is 6.38. The Hall–Kier alpha value is -2.61. The van der Waals surface area contributed by atoms with E-state index in [-0.39, 0.29) is 0 Å². The van der Waals surface area contributed by atoms with Crippen LogP contribution in [0.3, 0.4) is 0 Å². The van der Waals surface area contributed by atoms with Crippen molar-refractivity contribution >= 4 is 18.2 Å². The summed E-state index contributed by atoms with van der Waals surface area (Å²) in [7, 11) is 0. The van der Waals surface area contributed by atoms with E-state index in [1.807, 2.05) is 12.1 Å². The summed E-state index contributed by atoms with van der Waals surface area (Å²) in [5, 5.41) is 10.6. The molecule has 0 bridgehead atoms. The van der Waals surface area contributed by atoms with E-state index >= 15 is 0 Å². The number of aromatic nitrogens is 1. The van der Waals surface area contributed by atoms with Crippen molar-refractivity contribution in [2.24, 2.45) is 9.98 Å². The highest BCUT2D eigenvalue weighted by Gasteiger charge is 2.34. The Morgan fingerprint density at radius 3 is 2.68 bits per heavy atom. The summed E-state index contributed by atoms with van der Waals surface area (Å²) in [6.07, 6.45) is 13.1. The topological polar surface area (TPSA) is 73.6 Å². The molecule has 7 nitrogen and oxygen atoms in total. The molecule has 4 rings (SSSR count). The largest absolute Gasteiger partial charge is 0.383 e. The summed E-state index contributed by atoms with van der Waals surface area (Å²) in [6, 6.07) is 4.38. The lowest BCUT2D eigenvalue weighted by molar-refractivity contribution is 0.0229. The lowest BCUT2D eigenvalue weighted by Gasteiger charge is -2.39. The molecule has 7 heteroatoms. The molecule has 2 saturated heterocycles. The van der Waals surface area contributed by atoms with E-state index in [1.165, 1.54) is 5.57 Å². The molecule has 2 fully saturated rings. The normalized spacial score (nSPS) is 27.1. The minimum absolute atomic E-state index is 0.352. The zero-order valence-corrected chi connectivity index (χ0v) is 18.2. The van der Waals surface area contributed by atoms with Gasteiger partial charge in [0.1, 0.15) is 11.4 Å². The third-order valence-corrected chi connectivity index (χ3v) is 6.38. The molecule has 2 atom stereocenters. The number of aliphatic imine (C=N–C) groups is 2. The maximum atomic E-state index is 10.6. The molecule has 0 amide bonds. The number of pyridine rings is 1. The Morgan fingerprint density at radius 2 is 2.06 bits per heavy atom. The fourth-order valence-electron chi connectivity index (χ4n) is 4.31. The average molecular weight is 422 g/mol. The number of aliphatic hydroxyl groups is 1. The number of rotatable bonds is 6. The smallest absolute Gasteiger partial charge is 0.128 e. The fraction of sp³-hybridized carbons (Fsp3) is 0.458. The van der Waals surface area contributed by atoms with Gasteiger partial charge in [0.25, 0.3) is 0 Å². The number of allylic oxidation sites excluding steroid dienone is 2. The molecule has 164 valence electrons. The van der Waals surface area contributed by atoms with Crippen molar-refractivity contribution in [3.63, 3.8) is 0 Å². The molecule has 3 heterocycles. The summed E-state index contributed by atoms with van der Waals surface area (Å²) >= 11 is 0. The average Bonchev–Trinajstić information content (AvgIpc) is 3.27. The molecule has 1 N–H and O–H groups in total. The summed E-state index contributed by atoms with van der Waals surface area (Å²) in [4.78, 5) is 17.5. The predicted molar refractivity (Wildman–Crippen MR) is 125 cm³/mol. The molecule has 2 unspecified atom stereocenters. The quantitative estimate of drug-likeness (QED) is 0.715. The minimum atomic E-state index is -0.885. The lowest BCUT2D eigenvalue weighted by atomic mass is 9.95. The molecule has 0 radical (unpaired) electrons. The minimum Gasteiger partial charge on any atom is -0.383 e. The molecule has 2 aliphatic heterocycles. The second kappa shape index (κ2) is 9.68. The number of piperazine rings is 1. The zero-order chi connectivity index (χ0) is 21.7. The van der Waals surface area contributed by atoms with E-state index in [4.69, 9.17) is 4.74 Å². The van der Waals surface area contributed by atoms with Crippen molar-refractivity contribution in [3.8, 4) is 0 Å². The molecule has 0 spiro atoms. The van der Waals surface area contributed by atoms with Gasteiger partial charge in [-0.3, -0.25) is 14.9 Å². The summed E-state index contributed by atoms with van der Waals surface area (Å²) in [6.45, 7) is 10.5. The molecule has 1 aliphatic carbocycles. The van der Waals surface area contributed by atoms with Gasteiger partial charge in [-0.1, -0.05) is 18.2 Å². The Labute approximate surface area is 184 Å². The van der Waals surface area contributed by atoms with Crippen LogP contribution in [0.5, 0.6) is 0 Å². The molecule has 0 aromatic carbocycles. The van der Waals surface area contributed by atoms with Crippen molar-refractivity contribution in [2.45, 2.75) is 31.4 Å². The summed E-state index contributed by atoms with van der Waals surface area (Å²) in [5.74, 6) is 0.971. The first-order valence-corrected chi connectivity index (χ1v) is 10.9. The van der Waals surface area contributed by atoms with Crippen LogP contribution in [-0.4, -0.2) is 72.9 Å². The van der Waals surface area contributed by atoms with E-state index in [0.717, 1.165) is 49.7 Å². The van der Waals surface area contributed by atoms with Crippen LogP contribution in [0.4, 0.5) is 5.82 Å². The van der Waals surface area contributed by atoms with Gasteiger partial charge in [0.2, 0.25) is 0 Å². The van der Waals surface area contributed by atoms with Gasteiger partial charge in [0.05, 0.1) is 6.61 Å². The fourth-order valence-corrected chi connectivity index (χ4v) is 4.31. The molecular weight excluding hydrogens is 390 g/mol. The van der Waals surface area contributed by atoms with Gasteiger partial charge in [-0.25, -0.2) is 4.98 Å². The maximum absolute atomic E-state index is 10.6. The molecule has 1 aromatic heterocycles. The first-order valence-electron chi connectivity index (χ1n) is 10.9. The van der Waals surface area contributed by atoms with Gasteiger partial charge in [0, 0.05) is 81.5 Å². The number of anilines is 1. The zero-order valence-electron chi connectivity index (χ0n) is 18.2. The second-order valence-electron chi connectivity index (χ2n) is 8.28. The number of nitrogens with zero attached hydrogens (tertiary/aromatic N) is 5. The van der Waals surface area contributed by atoms with Crippen LogP contribution in [0.1, 0.15) is 25.3 Å². The van der Waals surface area contributed by atoms with Crippen LogP contribution in [0.15, 0.2) is 64.5 Å². The van der Waals surface area contributed by atoms with Crippen LogP contribution in [-0.2, 0) is 10.3 Å². The highest BCUT2D eigenvalue weighted by atomic mass is 16.5. The number of hydrogen-bond donors (Lipinski definition) is 1. The van der Waals surface area contributed by atoms with Gasteiger partial charge in [-0.05, 0) is 31.4 Å². The first-order chi connectivity index (χ1) is 15.1. The van der Waals surface area contributed by atoms with Gasteiger partial charge < -0.3 is 14.7 Å². The predicted octanol–water partition coefficient (Wildman–Crippen LogP) is 2.70. The van der Waals surface area contributed by atoms with Crippen molar-refractivity contribution in [1.82, 2.24) is 9.88 Å². The summed E-state index contributed by atoms with van der Waals surface area (Å²) in [5.41, 5.74) is 2.33. The standard InChI is InChI=1S/C24H31N5O2/c1-19(20-3-6-22(7-4-20)26-11-10-25-2)28-12-14-29(15-13-28)23-8-5-21(17-27-23)24(30)9-16-31-18-24/h3-6,8,10-11,17,19,30H,2,7,9,12-16,18H2,1H3/b11-10-,26-22?. The van der Waals surface area contributed by atoms with Crippen LogP contribution < -0.4 is 4.90 Å². The Balaban J connectivity index is 1.30. The Bertz CT molecular complexity index is 889. The van der Waals surface area contributed by atoms with Crippen LogP contribution >= 0.6 is 0 Å². The number of ether oxygens (including phenoxy) is 1. The van der Waals surface area contributed by atoms with Gasteiger partial charge in [0.15, 0.2) is 0 Å². The van der Waals surface area contributed by atoms with Gasteiger partial charge >= 0.3 is 0 Å². The van der Waals surface area contributed by atoms with Crippen LogP contribution in [0.2, 0.25) is 0 Å². The molecule has 1 aromatic rings. The molecule has 3 aliphatic rings. The van der Waals surface area contributed by atoms with E-state index < -0.39 is 5.60 Å². The van der Waals surface area contributed by atoms with Gasteiger partial charge in [-0.15, -0.1) is 0 Å². The lowest BCUT2D eigenvalue weighted by Crippen LogP contribution is -2.50. The summed E-state index contributed by atoms with van der Waals surface area (Å²) < 4.78 is 5.35. The third kappa shape index (κ3) is 5.01. The molecular formula is C24H31N5O2. The first kappa shape index (κ1) is 21.6. The van der Waals surface area contributed by atoms with Crippen LogP contribution in [0.25, 0.3) is 0 Å². The van der Waals surface area contributed by atoms with Gasteiger partial charge in [-0.2, -0.15) is 0 Å². The Morgan fingerprint density at radius 1 is 1.23 bits per heavy atom. The van der Waals surface area contributed by atoms with Crippen LogP contribution in [0, 0.1) is 0 Å². The Kier molecular flexibility index (Phi) is 6.75. The monoisotopic (exact) mass is 421 g/mol. The van der Waals surface area contributed by atoms with Crippen molar-refractivity contribution in [2.75, 3.05) is 44.3 Å². The van der Waals surface area contributed by atoms with Crippen molar-refractivity contribution in [3.05, 3.63) is 60.1 Å². The second-order valence-corrected chi connectivity index (χ2v) is 8.28. The number of hydrogen-bond acceptors (Lipinski definition) is 7. The van der Waals surface area contributed by atoms with E-state index in [9.17, 15) is 5.11 Å². The SMILES string of the molecule is C=N/C=C\N=C1C=CC(C(C)N2CCN(c3ccc(C4(O)CCOC4)cn3)CC2)=CC1. The van der Waals surface area contributed by atoms with E-state index in [0.29, 0.717) is 25.7 Å². The molecule has 0 saturated carbocycles. The van der Waals surface area contributed by atoms with E-state index in [1.54, 1.807) is 18.6 Å². The maximum Gasteiger partial charge on any atom is 0.128 e. The van der Waals surface area contributed by atoms with Crippen molar-refractivity contribution in [1.29, 1.82) is 0 Å². The van der Waals surface area contributed by atoms with E-state index in [2.05, 4.69) is 56.6 Å². The molecule has 31 heavy (non-hydrogen) atoms. The highest BCUT2D eigenvalue weighted by Crippen LogP contribution is 2.30.